The van der Waals surface area contributed by atoms with E-state index in [9.17, 15) is 14.3 Å². The molecule has 0 spiro atoms. The number of nitrogens with zero attached hydrogens (tertiary/aromatic N) is 3. The lowest BCUT2D eigenvalue weighted by Gasteiger charge is -2.44. The second-order valence-corrected chi connectivity index (χ2v) is 14.8. The van der Waals surface area contributed by atoms with E-state index in [0.717, 1.165) is 6.42 Å². The zero-order valence-electron chi connectivity index (χ0n) is 19.8. The molecule has 0 radical (unpaired) electrons. The highest BCUT2D eigenvalue weighted by Crippen LogP contribution is 2.39. The Morgan fingerprint density at radius 1 is 1.31 bits per heavy atom. The third kappa shape index (κ3) is 5.20. The molecule has 1 aliphatic rings. The Morgan fingerprint density at radius 3 is 2.66 bits per heavy atom. The number of rotatable bonds is 6. The van der Waals surface area contributed by atoms with Crippen LogP contribution >= 0.6 is 0 Å². The van der Waals surface area contributed by atoms with Crippen LogP contribution in [0.4, 0.5) is 9.18 Å². The van der Waals surface area contributed by atoms with Gasteiger partial charge in [-0.25, -0.2) is 14.2 Å². The largest absolute Gasteiger partial charge is 0.481 e. The number of hydrogen-bond acceptors (Lipinski definition) is 5. The molecule has 3 heterocycles. The molecule has 0 aliphatic carbocycles. The molecule has 2 aromatic rings. The second kappa shape index (κ2) is 9.31. The van der Waals surface area contributed by atoms with Crippen molar-refractivity contribution in [1.29, 1.82) is 0 Å². The Hall–Kier alpha value is -2.26. The number of methoxy groups -OCH3 is 1. The predicted molar refractivity (Wildman–Crippen MR) is 124 cm³/mol. The van der Waals surface area contributed by atoms with Crippen molar-refractivity contribution in [3.63, 3.8) is 0 Å². The van der Waals surface area contributed by atoms with E-state index in [2.05, 4.69) is 43.8 Å². The van der Waals surface area contributed by atoms with Gasteiger partial charge in [-0.05, 0) is 49.9 Å². The normalized spacial score (nSPS) is 19.9. The fourth-order valence-corrected chi connectivity index (χ4v) is 5.34. The molecule has 0 saturated carbocycles. The Morgan fingerprint density at radius 2 is 2.03 bits per heavy atom. The number of carboxylic acid groups (broad SMARTS) is 1. The Labute approximate surface area is 190 Å². The van der Waals surface area contributed by atoms with E-state index in [1.165, 1.54) is 18.2 Å². The Balaban J connectivity index is 1.75. The first kappa shape index (κ1) is 24.4. The van der Waals surface area contributed by atoms with Crippen LogP contribution in [0.3, 0.4) is 0 Å². The molecule has 0 bridgehead atoms. The second-order valence-electron chi connectivity index (χ2n) is 10.0. The van der Waals surface area contributed by atoms with Gasteiger partial charge in [0.2, 0.25) is 5.88 Å². The lowest BCUT2D eigenvalue weighted by atomic mass is 9.94. The summed E-state index contributed by atoms with van der Waals surface area (Å²) in [6.45, 7) is 11.2. The number of hydrogen-bond donors (Lipinski definition) is 1. The summed E-state index contributed by atoms with van der Waals surface area (Å²) in [5.41, 5.74) is 1.49. The lowest BCUT2D eigenvalue weighted by molar-refractivity contribution is 0.0402. The molecule has 1 N–H and O–H groups in total. The minimum absolute atomic E-state index is 0.0614. The fraction of sp³-hybridized carbons (Fsp3) is 0.609. The number of piperidine rings is 1. The Bertz CT molecular complexity index is 980. The third-order valence-electron chi connectivity index (χ3n) is 6.85. The number of pyridine rings is 2. The molecule has 9 heteroatoms. The molecule has 176 valence electrons. The maximum Gasteiger partial charge on any atom is 0.407 e. The van der Waals surface area contributed by atoms with Crippen molar-refractivity contribution in [2.75, 3.05) is 13.7 Å². The van der Waals surface area contributed by atoms with Gasteiger partial charge in [-0.3, -0.25) is 4.98 Å². The average molecular weight is 464 g/mol. The first-order chi connectivity index (χ1) is 14.9. The topological polar surface area (TPSA) is 84.8 Å². The van der Waals surface area contributed by atoms with E-state index < -0.39 is 20.2 Å². The van der Waals surface area contributed by atoms with Gasteiger partial charge in [0, 0.05) is 24.2 Å². The molecular formula is C23H34FN3O4Si. The van der Waals surface area contributed by atoms with Crippen molar-refractivity contribution in [2.24, 2.45) is 0 Å². The first-order valence-electron chi connectivity index (χ1n) is 11.1. The van der Waals surface area contributed by atoms with Crippen LogP contribution in [-0.2, 0) is 10.8 Å². The molecule has 1 saturated heterocycles. The van der Waals surface area contributed by atoms with Crippen molar-refractivity contribution in [3.8, 4) is 5.88 Å². The number of aryl methyl sites for hydroxylation is 1. The summed E-state index contributed by atoms with van der Waals surface area (Å²) in [4.78, 5) is 22.0. The number of halogens is 1. The third-order valence-corrected chi connectivity index (χ3v) is 11.4. The molecule has 3 rings (SSSR count). The van der Waals surface area contributed by atoms with Gasteiger partial charge in [0.15, 0.2) is 8.32 Å². The van der Waals surface area contributed by atoms with Crippen LogP contribution in [0.2, 0.25) is 18.1 Å². The van der Waals surface area contributed by atoms with Crippen molar-refractivity contribution < 1.29 is 23.5 Å². The first-order valence-corrected chi connectivity index (χ1v) is 14.0. The molecular weight excluding hydrogens is 429 g/mol. The van der Waals surface area contributed by atoms with Gasteiger partial charge in [-0.15, -0.1) is 0 Å². The number of ether oxygens (including phenoxy) is 1. The van der Waals surface area contributed by atoms with E-state index in [4.69, 9.17) is 9.16 Å². The average Bonchev–Trinajstić information content (AvgIpc) is 2.72. The van der Waals surface area contributed by atoms with Crippen LogP contribution in [0.5, 0.6) is 5.88 Å². The van der Waals surface area contributed by atoms with E-state index in [-0.39, 0.29) is 17.2 Å². The van der Waals surface area contributed by atoms with Crippen molar-refractivity contribution >= 4 is 25.4 Å². The number of fused-ring (bicyclic) bond motifs is 1. The zero-order valence-corrected chi connectivity index (χ0v) is 20.8. The van der Waals surface area contributed by atoms with E-state index >= 15 is 0 Å². The highest BCUT2D eigenvalue weighted by atomic mass is 28.4. The molecule has 0 aromatic carbocycles. The van der Waals surface area contributed by atoms with E-state index in [1.54, 1.807) is 12.1 Å². The maximum atomic E-state index is 14.6. The Kier molecular flexibility index (Phi) is 7.09. The highest BCUT2D eigenvalue weighted by Gasteiger charge is 2.41. The van der Waals surface area contributed by atoms with Gasteiger partial charge in [-0.2, -0.15) is 0 Å². The standard InChI is InChI=1S/C23H34FN3O4Si/c1-23(2,3)32(5,6)31-16-9-7-15(27(14-16)22(28)29)8-10-17-18(24)13-25-19-11-12-20(30-4)26-21(17)19/h11-13,15-16H,7-10,14H2,1-6H3,(H,28,29)/t15-,16+/m1/s1. The summed E-state index contributed by atoms with van der Waals surface area (Å²) in [5, 5.41) is 9.91. The molecule has 1 amide bonds. The van der Waals surface area contributed by atoms with Gasteiger partial charge in [-0.1, -0.05) is 20.8 Å². The van der Waals surface area contributed by atoms with E-state index in [0.29, 0.717) is 48.3 Å². The zero-order chi connectivity index (χ0) is 23.7. The minimum Gasteiger partial charge on any atom is -0.481 e. The highest BCUT2D eigenvalue weighted by molar-refractivity contribution is 6.74. The summed E-state index contributed by atoms with van der Waals surface area (Å²) in [6, 6.07) is 3.24. The SMILES string of the molecule is COc1ccc2ncc(F)c(CC[C@H]3CC[C@H](O[Si](C)(C)C(C)(C)C)CN3C(=O)O)c2n1. The van der Waals surface area contributed by atoms with Crippen LogP contribution in [0.15, 0.2) is 18.3 Å². The maximum absolute atomic E-state index is 14.6. The van der Waals surface area contributed by atoms with E-state index in [1.807, 2.05) is 0 Å². The molecule has 0 unspecified atom stereocenters. The van der Waals surface area contributed by atoms with Gasteiger partial charge in [0.1, 0.15) is 5.82 Å². The molecule has 32 heavy (non-hydrogen) atoms. The molecule has 1 aliphatic heterocycles. The molecule has 2 aromatic heterocycles. The molecule has 1 fully saturated rings. The van der Waals surface area contributed by atoms with Crippen LogP contribution < -0.4 is 4.74 Å². The quantitative estimate of drug-likeness (QED) is 0.590. The summed E-state index contributed by atoms with van der Waals surface area (Å²) >= 11 is 0. The predicted octanol–water partition coefficient (Wildman–Crippen LogP) is 5.24. The molecule has 7 nitrogen and oxygen atoms in total. The summed E-state index contributed by atoms with van der Waals surface area (Å²) < 4.78 is 26.3. The van der Waals surface area contributed by atoms with Gasteiger partial charge < -0.3 is 19.2 Å². The van der Waals surface area contributed by atoms with Crippen molar-refractivity contribution in [2.45, 2.75) is 76.7 Å². The van der Waals surface area contributed by atoms with Crippen molar-refractivity contribution in [1.82, 2.24) is 14.9 Å². The van der Waals surface area contributed by atoms with Crippen LogP contribution in [-0.4, -0.2) is 60.2 Å². The van der Waals surface area contributed by atoms with Crippen molar-refractivity contribution in [3.05, 3.63) is 29.7 Å². The van der Waals surface area contributed by atoms with Gasteiger partial charge in [0.05, 0.1) is 30.4 Å². The van der Waals surface area contributed by atoms with Gasteiger partial charge >= 0.3 is 6.09 Å². The number of carbonyl (C=O) groups is 1. The fourth-order valence-electron chi connectivity index (χ4n) is 3.96. The summed E-state index contributed by atoms with van der Waals surface area (Å²) in [7, 11) is -0.484. The monoisotopic (exact) mass is 463 g/mol. The number of aromatic nitrogens is 2. The summed E-state index contributed by atoms with van der Waals surface area (Å²) in [5.74, 6) is -0.0447. The number of likely N-dealkylation sites (tertiary alicyclic amines) is 1. The van der Waals surface area contributed by atoms with Crippen LogP contribution in [0.25, 0.3) is 11.0 Å². The summed E-state index contributed by atoms with van der Waals surface area (Å²) in [6.07, 6.45) is 2.50. The van der Waals surface area contributed by atoms with Crippen LogP contribution in [0.1, 0.15) is 45.6 Å². The lowest BCUT2D eigenvalue weighted by Crippen LogP contribution is -2.53. The smallest absolute Gasteiger partial charge is 0.407 e. The number of amides is 1. The molecule has 2 atom stereocenters. The van der Waals surface area contributed by atoms with Crippen LogP contribution in [0, 0.1) is 5.82 Å². The van der Waals surface area contributed by atoms with Gasteiger partial charge in [0.25, 0.3) is 0 Å². The minimum atomic E-state index is -1.99.